The van der Waals surface area contributed by atoms with Crippen molar-refractivity contribution in [2.45, 2.75) is 19.9 Å². The summed E-state index contributed by atoms with van der Waals surface area (Å²) in [6.45, 7) is 5.18. The summed E-state index contributed by atoms with van der Waals surface area (Å²) in [4.78, 5) is 0. The predicted molar refractivity (Wildman–Crippen MR) is 88.1 cm³/mol. The molecule has 0 aromatic heterocycles. The summed E-state index contributed by atoms with van der Waals surface area (Å²) < 4.78 is 10.9. The number of halogens is 1. The number of hydrogen-bond acceptors (Lipinski definition) is 4. The molecule has 0 radical (unpaired) electrons. The Morgan fingerprint density at radius 3 is 2.90 bits per heavy atom. The van der Waals surface area contributed by atoms with E-state index in [2.05, 4.69) is 12.2 Å². The Morgan fingerprint density at radius 1 is 1.30 bits per heavy atom. The summed E-state index contributed by atoms with van der Waals surface area (Å²) in [7, 11) is 1.70. The van der Waals surface area contributed by atoms with Crippen molar-refractivity contribution >= 4 is 23.4 Å². The number of thioether (sulfide) groups is 1. The minimum Gasteiger partial charge on any atom is -0.493 e. The van der Waals surface area contributed by atoms with Gasteiger partial charge in [-0.25, -0.2) is 0 Å². The summed E-state index contributed by atoms with van der Waals surface area (Å²) in [5.41, 5.74) is 1.09. The Hall–Kier alpha value is -0.420. The maximum atomic E-state index is 6.05. The van der Waals surface area contributed by atoms with Crippen LogP contribution in [-0.2, 0) is 11.3 Å². The average Bonchev–Trinajstić information content (AvgIpc) is 2.45. The summed E-state index contributed by atoms with van der Waals surface area (Å²) in [6, 6.07) is 5.77. The van der Waals surface area contributed by atoms with E-state index < -0.39 is 0 Å². The van der Waals surface area contributed by atoms with Crippen LogP contribution in [0.2, 0.25) is 5.02 Å². The molecule has 0 aliphatic rings. The summed E-state index contributed by atoms with van der Waals surface area (Å²) >= 11 is 7.99. The van der Waals surface area contributed by atoms with Crippen LogP contribution in [0.3, 0.4) is 0 Å². The molecule has 0 bridgehead atoms. The van der Waals surface area contributed by atoms with E-state index in [9.17, 15) is 0 Å². The number of nitrogens with one attached hydrogen (secondary N) is 1. The Morgan fingerprint density at radius 2 is 2.15 bits per heavy atom. The Bertz CT molecular complexity index is 377. The fourth-order valence-corrected chi connectivity index (χ4v) is 2.52. The van der Waals surface area contributed by atoms with Crippen LogP contribution in [0.5, 0.6) is 5.75 Å². The molecule has 0 unspecified atom stereocenters. The zero-order chi connectivity index (χ0) is 14.6. The molecule has 5 heteroatoms. The zero-order valence-corrected chi connectivity index (χ0v) is 13.9. The second-order valence-electron chi connectivity index (χ2n) is 4.32. The van der Waals surface area contributed by atoms with Gasteiger partial charge in [-0.2, -0.15) is 11.8 Å². The van der Waals surface area contributed by atoms with Crippen LogP contribution < -0.4 is 10.1 Å². The molecule has 0 aliphatic carbocycles. The third kappa shape index (κ3) is 7.39. The van der Waals surface area contributed by atoms with Crippen molar-refractivity contribution in [3.63, 3.8) is 0 Å². The first kappa shape index (κ1) is 17.6. The van der Waals surface area contributed by atoms with Gasteiger partial charge in [-0.3, -0.25) is 0 Å². The molecule has 1 N–H and O–H groups in total. The summed E-state index contributed by atoms with van der Waals surface area (Å²) in [5, 5.41) is 4.05. The molecule has 0 saturated heterocycles. The lowest BCUT2D eigenvalue weighted by molar-refractivity contribution is 0.199. The van der Waals surface area contributed by atoms with Crippen molar-refractivity contribution in [1.29, 1.82) is 0 Å². The molecule has 0 fully saturated rings. The summed E-state index contributed by atoms with van der Waals surface area (Å²) in [6.07, 6.45) is 1.07. The Kier molecular flexibility index (Phi) is 9.93. The van der Waals surface area contributed by atoms with Crippen LogP contribution in [0.25, 0.3) is 0 Å². The highest BCUT2D eigenvalue weighted by atomic mass is 35.5. The molecular formula is C15H24ClNO2S. The highest BCUT2D eigenvalue weighted by Crippen LogP contribution is 2.23. The standard InChI is InChI=1S/C15H24ClNO2S/c1-3-20-10-4-8-19-15-6-5-14(16)11-13(15)12-17-7-9-18-2/h5-6,11,17H,3-4,7-10,12H2,1-2H3. The quantitative estimate of drug-likeness (QED) is 0.632. The first-order valence-electron chi connectivity index (χ1n) is 6.96. The van der Waals surface area contributed by atoms with E-state index in [1.54, 1.807) is 7.11 Å². The van der Waals surface area contributed by atoms with Gasteiger partial charge in [-0.15, -0.1) is 0 Å². The number of rotatable bonds is 11. The SMILES string of the molecule is CCSCCCOc1ccc(Cl)cc1CNCCOC. The van der Waals surface area contributed by atoms with Crippen LogP contribution in [0.1, 0.15) is 18.9 Å². The van der Waals surface area contributed by atoms with E-state index in [4.69, 9.17) is 21.1 Å². The molecule has 1 aromatic rings. The molecule has 0 aliphatic heterocycles. The average molecular weight is 318 g/mol. The molecular weight excluding hydrogens is 294 g/mol. The third-order valence-corrected chi connectivity index (χ3v) is 3.94. The number of ether oxygens (including phenoxy) is 2. The van der Waals surface area contributed by atoms with E-state index in [0.717, 1.165) is 54.0 Å². The Labute approximate surface area is 131 Å². The number of benzene rings is 1. The van der Waals surface area contributed by atoms with Gasteiger partial charge in [-0.05, 0) is 36.1 Å². The predicted octanol–water partition coefficient (Wildman–Crippen LogP) is 3.60. The number of methoxy groups -OCH3 is 1. The van der Waals surface area contributed by atoms with Crippen molar-refractivity contribution < 1.29 is 9.47 Å². The van der Waals surface area contributed by atoms with Crippen molar-refractivity contribution in [1.82, 2.24) is 5.32 Å². The highest BCUT2D eigenvalue weighted by molar-refractivity contribution is 7.99. The first-order chi connectivity index (χ1) is 9.77. The molecule has 0 amide bonds. The van der Waals surface area contributed by atoms with E-state index >= 15 is 0 Å². The lowest BCUT2D eigenvalue weighted by Gasteiger charge is -2.12. The fraction of sp³-hybridized carbons (Fsp3) is 0.600. The lowest BCUT2D eigenvalue weighted by atomic mass is 10.2. The molecule has 0 spiro atoms. The van der Waals surface area contributed by atoms with Gasteiger partial charge in [0.2, 0.25) is 0 Å². The third-order valence-electron chi connectivity index (χ3n) is 2.72. The van der Waals surface area contributed by atoms with Crippen LogP contribution >= 0.6 is 23.4 Å². The van der Waals surface area contributed by atoms with E-state index in [0.29, 0.717) is 6.61 Å². The highest BCUT2D eigenvalue weighted by Gasteiger charge is 2.04. The minimum absolute atomic E-state index is 0.699. The van der Waals surface area contributed by atoms with Crippen LogP contribution in [0.4, 0.5) is 0 Å². The van der Waals surface area contributed by atoms with Crippen molar-refractivity contribution in [2.75, 3.05) is 38.4 Å². The largest absolute Gasteiger partial charge is 0.493 e. The van der Waals surface area contributed by atoms with Crippen LogP contribution in [-0.4, -0.2) is 38.4 Å². The smallest absolute Gasteiger partial charge is 0.123 e. The zero-order valence-electron chi connectivity index (χ0n) is 12.3. The van der Waals surface area contributed by atoms with Gasteiger partial charge in [0.25, 0.3) is 0 Å². The maximum Gasteiger partial charge on any atom is 0.123 e. The molecule has 20 heavy (non-hydrogen) atoms. The number of hydrogen-bond donors (Lipinski definition) is 1. The van der Waals surface area contributed by atoms with Gasteiger partial charge >= 0.3 is 0 Å². The molecule has 1 rings (SSSR count). The molecule has 0 saturated carbocycles. The second kappa shape index (κ2) is 11.3. The van der Waals surface area contributed by atoms with Crippen molar-refractivity contribution in [3.8, 4) is 5.75 Å². The maximum absolute atomic E-state index is 6.05. The van der Waals surface area contributed by atoms with E-state index in [1.807, 2.05) is 30.0 Å². The van der Waals surface area contributed by atoms with E-state index in [1.165, 1.54) is 0 Å². The molecule has 1 aromatic carbocycles. The minimum atomic E-state index is 0.699. The summed E-state index contributed by atoms with van der Waals surface area (Å²) in [5.74, 6) is 3.22. The molecule has 0 atom stereocenters. The van der Waals surface area contributed by atoms with Gasteiger partial charge in [0.05, 0.1) is 13.2 Å². The van der Waals surface area contributed by atoms with Gasteiger partial charge in [0.1, 0.15) is 5.75 Å². The monoisotopic (exact) mass is 317 g/mol. The first-order valence-corrected chi connectivity index (χ1v) is 8.49. The van der Waals surface area contributed by atoms with Crippen molar-refractivity contribution in [2.24, 2.45) is 0 Å². The fourth-order valence-electron chi connectivity index (χ4n) is 1.71. The van der Waals surface area contributed by atoms with Gasteiger partial charge in [-0.1, -0.05) is 18.5 Å². The topological polar surface area (TPSA) is 30.5 Å². The van der Waals surface area contributed by atoms with Crippen LogP contribution in [0, 0.1) is 0 Å². The molecule has 0 heterocycles. The van der Waals surface area contributed by atoms with Gasteiger partial charge in [0.15, 0.2) is 0 Å². The second-order valence-corrected chi connectivity index (χ2v) is 6.15. The normalized spacial score (nSPS) is 10.8. The van der Waals surface area contributed by atoms with Gasteiger partial charge in [0, 0.05) is 30.8 Å². The van der Waals surface area contributed by atoms with Gasteiger partial charge < -0.3 is 14.8 Å². The Balaban J connectivity index is 2.42. The molecule has 3 nitrogen and oxygen atoms in total. The van der Waals surface area contributed by atoms with Crippen molar-refractivity contribution in [3.05, 3.63) is 28.8 Å². The van der Waals surface area contributed by atoms with E-state index in [-0.39, 0.29) is 0 Å². The lowest BCUT2D eigenvalue weighted by Crippen LogP contribution is -2.19. The van der Waals surface area contributed by atoms with Crippen LogP contribution in [0.15, 0.2) is 18.2 Å². The molecule has 114 valence electrons.